The van der Waals surface area contributed by atoms with E-state index >= 15 is 0 Å². The van der Waals surface area contributed by atoms with Gasteiger partial charge in [-0.2, -0.15) is 0 Å². The lowest BCUT2D eigenvalue weighted by molar-refractivity contribution is -0.132. The molecule has 0 bridgehead atoms. The number of hydrogen-bond acceptors (Lipinski definition) is 3. The van der Waals surface area contributed by atoms with E-state index in [0.717, 1.165) is 18.4 Å². The Morgan fingerprint density at radius 2 is 2.08 bits per heavy atom. The molecule has 1 aliphatic carbocycles. The van der Waals surface area contributed by atoms with Gasteiger partial charge in [-0.05, 0) is 42.0 Å². The molecular weight excluding hydrogens is 371 g/mol. The van der Waals surface area contributed by atoms with Crippen molar-refractivity contribution < 1.29 is 9.90 Å². The molecule has 4 nitrogen and oxygen atoms in total. The van der Waals surface area contributed by atoms with E-state index in [-0.39, 0.29) is 24.3 Å². The largest absolute Gasteiger partial charge is 0.386 e. The van der Waals surface area contributed by atoms with Gasteiger partial charge in [0.25, 0.3) is 0 Å². The van der Waals surface area contributed by atoms with Gasteiger partial charge in [0.1, 0.15) is 0 Å². The Balaban J connectivity index is 1.72. The van der Waals surface area contributed by atoms with Crippen LogP contribution in [0.4, 0.5) is 0 Å². The van der Waals surface area contributed by atoms with Gasteiger partial charge in [-0.15, -0.1) is 0 Å². The number of rotatable bonds is 7. The van der Waals surface area contributed by atoms with Gasteiger partial charge in [-0.25, -0.2) is 0 Å². The summed E-state index contributed by atoms with van der Waals surface area (Å²) in [6.45, 7) is 3.06. The fraction of sp³-hybridized carbons (Fsp3) is 0.400. The first-order valence-corrected chi connectivity index (χ1v) is 9.42. The summed E-state index contributed by atoms with van der Waals surface area (Å²) >= 11 is 12.0. The molecule has 0 radical (unpaired) electrons. The summed E-state index contributed by atoms with van der Waals surface area (Å²) in [4.78, 5) is 18.7. The molecule has 138 valence electrons. The van der Waals surface area contributed by atoms with Crippen molar-refractivity contribution in [2.75, 3.05) is 13.1 Å². The fourth-order valence-electron chi connectivity index (χ4n) is 2.91. The molecule has 1 unspecified atom stereocenters. The summed E-state index contributed by atoms with van der Waals surface area (Å²) in [6.07, 6.45) is 4.97. The van der Waals surface area contributed by atoms with Gasteiger partial charge in [0.05, 0.1) is 29.1 Å². The summed E-state index contributed by atoms with van der Waals surface area (Å²) in [5.74, 6) is -0.0283. The molecule has 2 aromatic rings. The Labute approximate surface area is 163 Å². The molecule has 1 aliphatic rings. The molecule has 0 saturated heterocycles. The number of carbonyl (C=O) groups is 1. The van der Waals surface area contributed by atoms with Crippen LogP contribution in [-0.2, 0) is 11.2 Å². The average Bonchev–Trinajstić information content (AvgIpc) is 3.35. The van der Waals surface area contributed by atoms with Crippen LogP contribution in [0, 0.1) is 5.41 Å². The summed E-state index contributed by atoms with van der Waals surface area (Å²) in [7, 11) is 0. The zero-order valence-electron chi connectivity index (χ0n) is 14.7. The van der Waals surface area contributed by atoms with Crippen molar-refractivity contribution >= 4 is 29.1 Å². The predicted octanol–water partition coefficient (Wildman–Crippen LogP) is 4.29. The number of benzene rings is 1. The normalized spacial score (nSPS) is 16.2. The van der Waals surface area contributed by atoms with Gasteiger partial charge in [-0.3, -0.25) is 9.78 Å². The second kappa shape index (κ2) is 7.95. The smallest absolute Gasteiger partial charge is 0.227 e. The van der Waals surface area contributed by atoms with Crippen molar-refractivity contribution in [3.05, 3.63) is 63.9 Å². The van der Waals surface area contributed by atoms with E-state index in [1.165, 1.54) is 0 Å². The molecule has 3 rings (SSSR count). The third kappa shape index (κ3) is 4.97. The maximum atomic E-state index is 12.9. The van der Waals surface area contributed by atoms with E-state index in [1.54, 1.807) is 41.6 Å². The van der Waals surface area contributed by atoms with Crippen molar-refractivity contribution in [3.8, 4) is 0 Å². The van der Waals surface area contributed by atoms with Gasteiger partial charge in [0, 0.05) is 24.5 Å². The molecule has 1 N–H and O–H groups in total. The highest BCUT2D eigenvalue weighted by atomic mass is 35.5. The van der Waals surface area contributed by atoms with E-state index in [9.17, 15) is 9.90 Å². The van der Waals surface area contributed by atoms with Gasteiger partial charge >= 0.3 is 0 Å². The van der Waals surface area contributed by atoms with E-state index < -0.39 is 6.10 Å². The van der Waals surface area contributed by atoms with Crippen LogP contribution in [0.2, 0.25) is 10.0 Å². The van der Waals surface area contributed by atoms with Crippen LogP contribution in [0.1, 0.15) is 37.0 Å². The van der Waals surface area contributed by atoms with Crippen LogP contribution in [0.15, 0.2) is 42.7 Å². The first kappa shape index (κ1) is 19.2. The highest BCUT2D eigenvalue weighted by Crippen LogP contribution is 2.45. The van der Waals surface area contributed by atoms with Gasteiger partial charge in [0.2, 0.25) is 5.91 Å². The molecule has 1 aromatic heterocycles. The molecule has 1 atom stereocenters. The number of pyridine rings is 1. The van der Waals surface area contributed by atoms with Gasteiger partial charge in [-0.1, -0.05) is 42.3 Å². The summed E-state index contributed by atoms with van der Waals surface area (Å²) in [6, 6.07) is 8.82. The number of nitrogens with zero attached hydrogens (tertiary/aromatic N) is 2. The Morgan fingerprint density at radius 1 is 1.31 bits per heavy atom. The summed E-state index contributed by atoms with van der Waals surface area (Å²) < 4.78 is 0. The number of carbonyl (C=O) groups excluding carboxylic acids is 1. The number of hydrogen-bond donors (Lipinski definition) is 1. The quantitative estimate of drug-likeness (QED) is 0.764. The average molecular weight is 393 g/mol. The van der Waals surface area contributed by atoms with Crippen LogP contribution in [0.3, 0.4) is 0 Å². The molecule has 1 saturated carbocycles. The minimum absolute atomic E-state index is 0.0283. The Morgan fingerprint density at radius 3 is 2.69 bits per heavy atom. The maximum absolute atomic E-state index is 12.9. The predicted molar refractivity (Wildman–Crippen MR) is 103 cm³/mol. The SMILES string of the molecule is CC1(CN(CC(O)c2cccnc2)C(=O)Cc2ccc(Cl)c(Cl)c2)CC1. The maximum Gasteiger partial charge on any atom is 0.227 e. The molecule has 1 heterocycles. The van der Waals surface area contributed by atoms with Gasteiger partial charge < -0.3 is 10.0 Å². The Hall–Kier alpha value is -1.62. The zero-order valence-corrected chi connectivity index (χ0v) is 16.2. The highest BCUT2D eigenvalue weighted by molar-refractivity contribution is 6.42. The van der Waals surface area contributed by atoms with E-state index in [0.29, 0.717) is 22.2 Å². The topological polar surface area (TPSA) is 53.4 Å². The lowest BCUT2D eigenvalue weighted by atomic mass is 10.1. The number of amides is 1. The second-order valence-electron chi connectivity index (χ2n) is 7.31. The van der Waals surface area contributed by atoms with Crippen LogP contribution >= 0.6 is 23.2 Å². The molecule has 1 fully saturated rings. The lowest BCUT2D eigenvalue weighted by Crippen LogP contribution is -2.39. The van der Waals surface area contributed by atoms with Crippen LogP contribution in [0.5, 0.6) is 0 Å². The van der Waals surface area contributed by atoms with Crippen molar-refractivity contribution in [2.24, 2.45) is 5.41 Å². The fourth-order valence-corrected chi connectivity index (χ4v) is 3.23. The van der Waals surface area contributed by atoms with E-state index in [2.05, 4.69) is 11.9 Å². The zero-order chi connectivity index (χ0) is 18.7. The number of halogens is 2. The molecule has 0 spiro atoms. The van der Waals surface area contributed by atoms with Crippen LogP contribution in [-0.4, -0.2) is 34.0 Å². The minimum Gasteiger partial charge on any atom is -0.386 e. The molecule has 6 heteroatoms. The summed E-state index contributed by atoms with van der Waals surface area (Å²) in [5.41, 5.74) is 1.68. The first-order valence-electron chi connectivity index (χ1n) is 8.66. The van der Waals surface area contributed by atoms with Crippen molar-refractivity contribution in [3.63, 3.8) is 0 Å². The van der Waals surface area contributed by atoms with Gasteiger partial charge in [0.15, 0.2) is 0 Å². The molecule has 1 amide bonds. The lowest BCUT2D eigenvalue weighted by Gasteiger charge is -2.28. The van der Waals surface area contributed by atoms with Crippen LogP contribution in [0.25, 0.3) is 0 Å². The van der Waals surface area contributed by atoms with Crippen molar-refractivity contribution in [1.29, 1.82) is 0 Å². The van der Waals surface area contributed by atoms with E-state index in [4.69, 9.17) is 23.2 Å². The third-order valence-corrected chi connectivity index (χ3v) is 5.57. The summed E-state index contributed by atoms with van der Waals surface area (Å²) in [5, 5.41) is 11.4. The molecule has 26 heavy (non-hydrogen) atoms. The molecular formula is C20H22Cl2N2O2. The molecule has 1 aromatic carbocycles. The Kier molecular flexibility index (Phi) is 5.86. The number of aromatic nitrogens is 1. The number of aliphatic hydroxyl groups excluding tert-OH is 1. The number of aliphatic hydroxyl groups is 1. The minimum atomic E-state index is -0.760. The monoisotopic (exact) mass is 392 g/mol. The Bertz CT molecular complexity index is 779. The van der Waals surface area contributed by atoms with Crippen molar-refractivity contribution in [2.45, 2.75) is 32.3 Å². The molecule has 0 aliphatic heterocycles. The standard InChI is InChI=1S/C20H22Cl2N2O2/c1-20(6-7-20)13-24(12-18(25)15-3-2-8-23-11-15)19(26)10-14-4-5-16(21)17(22)9-14/h2-5,8-9,11,18,25H,6-7,10,12-13H2,1H3. The van der Waals surface area contributed by atoms with E-state index in [1.807, 2.05) is 6.07 Å². The third-order valence-electron chi connectivity index (χ3n) is 4.83. The van der Waals surface area contributed by atoms with Crippen molar-refractivity contribution in [1.82, 2.24) is 9.88 Å². The van der Waals surface area contributed by atoms with Crippen LogP contribution < -0.4 is 0 Å². The highest BCUT2D eigenvalue weighted by Gasteiger charge is 2.40. The first-order chi connectivity index (χ1) is 12.4. The second-order valence-corrected chi connectivity index (χ2v) is 8.13.